The van der Waals surface area contributed by atoms with Crippen molar-refractivity contribution in [2.75, 3.05) is 118 Å². The van der Waals surface area contributed by atoms with Crippen LogP contribution in [0.4, 0.5) is 0 Å². The van der Waals surface area contributed by atoms with Crippen LogP contribution in [0.15, 0.2) is 0 Å². The van der Waals surface area contributed by atoms with Crippen LogP contribution in [-0.2, 0) is 57.5 Å². The van der Waals surface area contributed by atoms with E-state index in [-0.39, 0.29) is 106 Å². The van der Waals surface area contributed by atoms with Gasteiger partial charge in [0.1, 0.15) is 0 Å². The molecule has 0 aromatic rings. The number of nitrogens with one attached hydrogen (secondary N) is 6. The molecule has 6 aliphatic heterocycles. The van der Waals surface area contributed by atoms with Crippen molar-refractivity contribution in [3.05, 3.63) is 0 Å². The Morgan fingerprint density at radius 2 is 0.328 bits per heavy atom. The summed E-state index contributed by atoms with van der Waals surface area (Å²) < 4.78 is 0. The summed E-state index contributed by atoms with van der Waals surface area (Å²) in [5.41, 5.74) is 0. The Kier molecular flexibility index (Phi) is 78.8. The normalized spacial score (nSPS) is 18.0. The maximum atomic E-state index is 12.1. The number of rotatable bonds is 71. The molecule has 6 fully saturated rings. The van der Waals surface area contributed by atoms with Crippen LogP contribution < -0.4 is 31.9 Å². The molecule has 0 aromatic carbocycles. The first kappa shape index (κ1) is 123. The van der Waals surface area contributed by atoms with Gasteiger partial charge in [-0.05, 0) is 77.6 Å². The molecule has 6 unspecified atom stereocenters. The van der Waals surface area contributed by atoms with E-state index in [0.29, 0.717) is 84.3 Å². The lowest BCUT2D eigenvalue weighted by Gasteiger charge is -2.16. The highest BCUT2D eigenvalue weighted by molar-refractivity contribution is 5.92. The first-order valence-electron chi connectivity index (χ1n) is 54.9. The van der Waals surface area contributed by atoms with Gasteiger partial charge in [0.15, 0.2) is 0 Å². The predicted molar refractivity (Wildman–Crippen MR) is 539 cm³/mol. The van der Waals surface area contributed by atoms with E-state index in [0.717, 1.165) is 200 Å². The lowest BCUT2D eigenvalue weighted by molar-refractivity contribution is -0.129. The summed E-state index contributed by atoms with van der Waals surface area (Å²) in [6.07, 6.45) is 67.8. The number of carbonyl (C=O) groups is 12. The second-order valence-corrected chi connectivity index (χ2v) is 38.6. The third-order valence-corrected chi connectivity index (χ3v) is 26.5. The van der Waals surface area contributed by atoms with E-state index in [1.165, 1.54) is 212 Å². The number of carbonyl (C=O) groups excluding carboxylic acids is 12. The first-order chi connectivity index (χ1) is 63.6. The quantitative estimate of drug-likeness (QED) is 0.0310. The molecule has 12 amide bonds. The molecule has 24 nitrogen and oxygen atoms in total. The molecule has 6 N–H and O–H groups in total. The Morgan fingerprint density at radius 1 is 0.183 bits per heavy atom. The molecule has 6 rings (SSSR count). The predicted octanol–water partition coefficient (Wildman–Crippen LogP) is 20.6. The van der Waals surface area contributed by atoms with Gasteiger partial charge in [-0.1, -0.05) is 346 Å². The highest BCUT2D eigenvalue weighted by atomic mass is 16.2. The maximum absolute atomic E-state index is 12.1. The Bertz CT molecular complexity index is 2960. The van der Waals surface area contributed by atoms with Crippen molar-refractivity contribution < 1.29 is 57.5 Å². The van der Waals surface area contributed by atoms with Crippen LogP contribution in [0.25, 0.3) is 0 Å². The molecule has 762 valence electrons. The van der Waals surface area contributed by atoms with Crippen LogP contribution in [0.2, 0.25) is 0 Å². The van der Waals surface area contributed by atoms with Crippen molar-refractivity contribution in [2.24, 2.45) is 35.5 Å². The monoisotopic (exact) mass is 1850 g/mol. The van der Waals surface area contributed by atoms with E-state index in [1.54, 1.807) is 9.80 Å². The van der Waals surface area contributed by atoms with Gasteiger partial charge in [-0.2, -0.15) is 0 Å². The lowest BCUT2D eigenvalue weighted by Crippen LogP contribution is -2.33. The zero-order valence-corrected chi connectivity index (χ0v) is 86.5. The Morgan fingerprint density at radius 3 is 0.504 bits per heavy atom. The van der Waals surface area contributed by atoms with E-state index in [9.17, 15) is 57.5 Å². The van der Waals surface area contributed by atoms with E-state index in [2.05, 4.69) is 101 Å². The SMILES string of the molecule is CCCCCCCCCCCCCCCCN1CC(C(=O)NCCCC)CC1=O.CCCCCCCCCCCCN1CC(C(=O)NCCCC)CC1=O.CCCCCCCCCCCN1CC(C(=O)NCCCC)CC1=O.CCCCCCN1CC(C(=O)NCCCCC)CC1=O.CCCCCNC(=O)C1CC(=O)N(CC)C1.CCCCCNC(=O)C1CC(=O)N(CCC)C1. The van der Waals surface area contributed by atoms with E-state index in [4.69, 9.17) is 0 Å². The van der Waals surface area contributed by atoms with Gasteiger partial charge in [0.2, 0.25) is 70.9 Å². The van der Waals surface area contributed by atoms with E-state index in [1.807, 2.05) is 33.4 Å². The average molecular weight is 1850 g/mol. The summed E-state index contributed by atoms with van der Waals surface area (Å²) in [5.74, 6) is 0.415. The van der Waals surface area contributed by atoms with Gasteiger partial charge in [0.05, 0.1) is 35.5 Å². The van der Waals surface area contributed by atoms with Gasteiger partial charge in [-0.25, -0.2) is 0 Å². The zero-order valence-electron chi connectivity index (χ0n) is 86.5. The van der Waals surface area contributed by atoms with E-state index < -0.39 is 0 Å². The molecule has 0 saturated carbocycles. The fourth-order valence-corrected chi connectivity index (χ4v) is 17.8. The van der Waals surface area contributed by atoms with E-state index >= 15 is 0 Å². The van der Waals surface area contributed by atoms with Gasteiger partial charge >= 0.3 is 0 Å². The molecule has 0 spiro atoms. The molecule has 6 heterocycles. The van der Waals surface area contributed by atoms with Gasteiger partial charge in [-0.15, -0.1) is 0 Å². The Balaban J connectivity index is 0.000000794. The van der Waals surface area contributed by atoms with Gasteiger partial charge in [-0.3, -0.25) is 57.5 Å². The molecule has 6 atom stereocenters. The minimum Gasteiger partial charge on any atom is -0.356 e. The summed E-state index contributed by atoms with van der Waals surface area (Å²) in [7, 11) is 0. The van der Waals surface area contributed by atoms with Crippen LogP contribution in [-0.4, -0.2) is 218 Å². The minimum atomic E-state index is -0.133. The average Bonchev–Trinajstić information content (AvgIpc) is 1.74. The molecular weight excluding hydrogens is 1650 g/mol. The van der Waals surface area contributed by atoms with Crippen molar-refractivity contribution in [3.8, 4) is 0 Å². The number of nitrogens with zero attached hydrogens (tertiary/aromatic N) is 6. The number of likely N-dealkylation sites (tertiary alicyclic amines) is 6. The summed E-state index contributed by atoms with van der Waals surface area (Å²) in [6, 6.07) is 0. The molecule has 0 bridgehead atoms. The summed E-state index contributed by atoms with van der Waals surface area (Å²) in [6.45, 7) is 38.6. The molecule has 131 heavy (non-hydrogen) atoms. The van der Waals surface area contributed by atoms with Crippen LogP contribution in [0.3, 0.4) is 0 Å². The molecular formula is C107H202N12O12. The van der Waals surface area contributed by atoms with Crippen LogP contribution in [0.1, 0.15) is 462 Å². The molecule has 0 aromatic heterocycles. The molecule has 6 saturated heterocycles. The smallest absolute Gasteiger partial charge is 0.225 e. The highest BCUT2D eigenvalue weighted by Gasteiger charge is 2.39. The molecule has 0 radical (unpaired) electrons. The summed E-state index contributed by atoms with van der Waals surface area (Å²) >= 11 is 0. The number of hydrogen-bond donors (Lipinski definition) is 6. The van der Waals surface area contributed by atoms with Crippen molar-refractivity contribution >= 4 is 70.9 Å². The highest BCUT2D eigenvalue weighted by Crippen LogP contribution is 2.26. The lowest BCUT2D eigenvalue weighted by atomic mass is 10.0. The van der Waals surface area contributed by atoms with Crippen LogP contribution in [0.5, 0.6) is 0 Å². The van der Waals surface area contributed by atoms with Gasteiger partial charge in [0.25, 0.3) is 0 Å². The third kappa shape index (κ3) is 61.4. The fourth-order valence-electron chi connectivity index (χ4n) is 17.8. The second kappa shape index (κ2) is 84.2. The van der Waals surface area contributed by atoms with Crippen molar-refractivity contribution in [2.45, 2.75) is 462 Å². The Labute approximate surface area is 800 Å². The molecule has 0 aliphatic carbocycles. The molecule has 6 aliphatic rings. The minimum absolute atomic E-state index is 0.0420. The van der Waals surface area contributed by atoms with Crippen LogP contribution in [0, 0.1) is 35.5 Å². The standard InChI is InChI=1S/C25H48N2O2.C21H40N2O2.C20H38N2O2.C16H30N2O2.C13H24N2O2.C12H22N2O2/c1-3-5-7-8-9-10-11-12-13-14-15-16-17-18-20-27-22-23(21-24(27)28)25(29)26-19-6-4-2;1-3-5-7-8-9-10-11-12-13-14-16-23-18-19(17-20(23)24)21(25)22-15-6-4-2;1-3-5-7-8-9-10-11-12-13-15-22-17-18(16-19(22)23)20(24)21-14-6-4-2;1-3-5-7-9-11-18-13-14(12-15(18)19)16(20)17-10-8-6-4-2;1-3-5-6-7-14-13(17)11-9-12(16)15(10-11)8-4-2;1-3-5-6-7-13-12(16)10-8-11(15)14(4-2)9-10/h23H,3-22H2,1-2H3,(H,26,29);19H,3-18H2,1-2H3,(H,22,25);18H,3-17H2,1-2H3,(H,21,24);14H,3-13H2,1-2H3,(H,17,20);11H,3-10H2,1-2H3,(H,14,17);10H,3-9H2,1-2H3,(H,13,16). The van der Waals surface area contributed by atoms with Crippen molar-refractivity contribution in [1.82, 2.24) is 61.3 Å². The van der Waals surface area contributed by atoms with Crippen molar-refractivity contribution in [3.63, 3.8) is 0 Å². The third-order valence-electron chi connectivity index (χ3n) is 26.5. The first-order valence-corrected chi connectivity index (χ1v) is 54.9. The van der Waals surface area contributed by atoms with Crippen molar-refractivity contribution in [1.29, 1.82) is 0 Å². The fraction of sp³-hybridized carbons (Fsp3) is 0.888. The number of amides is 12. The topological polar surface area (TPSA) is 296 Å². The maximum Gasteiger partial charge on any atom is 0.225 e. The largest absolute Gasteiger partial charge is 0.356 e. The second-order valence-electron chi connectivity index (χ2n) is 38.6. The number of unbranched alkanes of at least 4 members (excludes halogenated alkanes) is 42. The molecule has 24 heteroatoms. The Hall–Kier alpha value is -6.36. The summed E-state index contributed by atoms with van der Waals surface area (Å²) in [5, 5.41) is 17.7. The zero-order chi connectivity index (χ0) is 96.5. The summed E-state index contributed by atoms with van der Waals surface area (Å²) in [4.78, 5) is 154. The number of hydrogen-bond acceptors (Lipinski definition) is 12. The van der Waals surface area contributed by atoms with Gasteiger partial charge < -0.3 is 61.3 Å². The van der Waals surface area contributed by atoms with Crippen LogP contribution >= 0.6 is 0 Å². The van der Waals surface area contributed by atoms with Gasteiger partial charge in [0, 0.05) is 156 Å².